The van der Waals surface area contributed by atoms with Crippen LogP contribution < -0.4 is 0 Å². The number of carbonyl (C=O) groups is 2. The molecule has 138 valence electrons. The van der Waals surface area contributed by atoms with E-state index in [0.29, 0.717) is 6.42 Å². The summed E-state index contributed by atoms with van der Waals surface area (Å²) in [5, 5.41) is 0. The van der Waals surface area contributed by atoms with Gasteiger partial charge in [-0.3, -0.25) is 9.59 Å². The van der Waals surface area contributed by atoms with E-state index in [1.807, 2.05) is 20.8 Å². The number of hydrogen-bond acceptors (Lipinski definition) is 2. The van der Waals surface area contributed by atoms with Gasteiger partial charge in [-0.2, -0.15) is 0 Å². The summed E-state index contributed by atoms with van der Waals surface area (Å²) >= 11 is 0. The zero-order valence-corrected chi connectivity index (χ0v) is 18.0. The predicted octanol–water partition coefficient (Wildman–Crippen LogP) is 6.00. The molecule has 0 aromatic rings. The summed E-state index contributed by atoms with van der Waals surface area (Å²) in [5.41, 5.74) is -0.459. The number of hydrogen-bond donors (Lipinski definition) is 0. The molecule has 0 heterocycles. The molecule has 1 aliphatic carbocycles. The monoisotopic (exact) mass is 334 g/mol. The summed E-state index contributed by atoms with van der Waals surface area (Å²) in [7, 11) is 0. The van der Waals surface area contributed by atoms with Gasteiger partial charge in [0.05, 0.1) is 5.41 Å². The molecule has 1 aliphatic rings. The van der Waals surface area contributed by atoms with Gasteiger partial charge in [-0.1, -0.05) is 83.1 Å². The molecule has 24 heavy (non-hydrogen) atoms. The average Bonchev–Trinajstić information content (AvgIpc) is 2.24. The summed E-state index contributed by atoms with van der Waals surface area (Å²) < 4.78 is 0. The first-order valence-electron chi connectivity index (χ1n) is 9.12. The van der Waals surface area contributed by atoms with Crippen molar-refractivity contribution in [2.45, 2.75) is 89.5 Å². The topological polar surface area (TPSA) is 34.1 Å². The standard InChI is InChI=1S/C22H38O2/c1-18(2,3)15-14(23)13-22(20(7,8)9,21(10,11)12)17(24)16(15)19(4,5)6/h13H2,1-12H3. The summed E-state index contributed by atoms with van der Waals surface area (Å²) in [6.07, 6.45) is 0.311. The van der Waals surface area contributed by atoms with Crippen molar-refractivity contribution in [3.63, 3.8) is 0 Å². The average molecular weight is 335 g/mol. The van der Waals surface area contributed by atoms with Gasteiger partial charge in [-0.05, 0) is 21.7 Å². The van der Waals surface area contributed by atoms with E-state index >= 15 is 0 Å². The van der Waals surface area contributed by atoms with Crippen LogP contribution in [0, 0.1) is 27.1 Å². The maximum absolute atomic E-state index is 14.0. The number of allylic oxidation sites excluding steroid dienone is 2. The number of Topliss-reactive ketones (excluding diaryl/α,β-unsaturated/α-hetero) is 2. The van der Waals surface area contributed by atoms with Crippen molar-refractivity contribution in [2.75, 3.05) is 0 Å². The molecule has 0 fully saturated rings. The molecule has 0 radical (unpaired) electrons. The number of carbonyl (C=O) groups excluding carboxylic acids is 2. The lowest BCUT2D eigenvalue weighted by Gasteiger charge is -2.56. The van der Waals surface area contributed by atoms with Gasteiger partial charge < -0.3 is 0 Å². The molecule has 0 aromatic carbocycles. The van der Waals surface area contributed by atoms with Crippen molar-refractivity contribution in [1.29, 1.82) is 0 Å². The Bertz CT molecular complexity index is 561. The van der Waals surface area contributed by atoms with Crippen LogP contribution in [0.15, 0.2) is 11.1 Å². The minimum Gasteiger partial charge on any atom is -0.294 e. The molecule has 0 saturated heterocycles. The molecule has 0 atom stereocenters. The lowest BCUT2D eigenvalue weighted by Crippen LogP contribution is -2.58. The van der Waals surface area contributed by atoms with E-state index in [9.17, 15) is 9.59 Å². The lowest BCUT2D eigenvalue weighted by molar-refractivity contribution is -0.151. The van der Waals surface area contributed by atoms with E-state index in [1.54, 1.807) is 0 Å². The Morgan fingerprint density at radius 2 is 0.958 bits per heavy atom. The van der Waals surface area contributed by atoms with Crippen molar-refractivity contribution in [1.82, 2.24) is 0 Å². The first kappa shape index (κ1) is 21.1. The molecule has 0 saturated carbocycles. The molecule has 0 aromatic heterocycles. The second kappa shape index (κ2) is 5.54. The normalized spacial score (nSPS) is 20.7. The molecule has 0 aliphatic heterocycles. The Morgan fingerprint density at radius 3 is 1.21 bits per heavy atom. The van der Waals surface area contributed by atoms with Crippen LogP contribution in [0.2, 0.25) is 0 Å². The molecule has 2 heteroatoms. The van der Waals surface area contributed by atoms with E-state index in [0.717, 1.165) is 11.1 Å². The molecular formula is C22H38O2. The number of rotatable bonds is 0. The first-order valence-corrected chi connectivity index (χ1v) is 9.12. The fourth-order valence-electron chi connectivity index (χ4n) is 4.72. The van der Waals surface area contributed by atoms with Gasteiger partial charge in [0.2, 0.25) is 0 Å². The largest absolute Gasteiger partial charge is 0.294 e. The van der Waals surface area contributed by atoms with Gasteiger partial charge in [0.1, 0.15) is 0 Å². The van der Waals surface area contributed by atoms with Gasteiger partial charge in [0.15, 0.2) is 11.6 Å². The Kier molecular flexibility index (Phi) is 4.88. The summed E-state index contributed by atoms with van der Waals surface area (Å²) in [4.78, 5) is 27.3. The van der Waals surface area contributed by atoms with Crippen LogP contribution in [0.3, 0.4) is 0 Å². The van der Waals surface area contributed by atoms with E-state index < -0.39 is 5.41 Å². The highest BCUT2D eigenvalue weighted by Gasteiger charge is 2.61. The van der Waals surface area contributed by atoms with Crippen LogP contribution in [0.5, 0.6) is 0 Å². The Labute approximate surface area is 149 Å². The highest BCUT2D eigenvalue weighted by Crippen LogP contribution is 2.60. The molecule has 0 N–H and O–H groups in total. The molecule has 0 bridgehead atoms. The molecule has 1 rings (SSSR count). The fourth-order valence-corrected chi connectivity index (χ4v) is 4.72. The molecule has 2 nitrogen and oxygen atoms in total. The van der Waals surface area contributed by atoms with E-state index in [-0.39, 0.29) is 33.2 Å². The van der Waals surface area contributed by atoms with Gasteiger partial charge >= 0.3 is 0 Å². The Hall–Kier alpha value is -0.920. The van der Waals surface area contributed by atoms with Gasteiger partial charge in [0, 0.05) is 17.6 Å². The Balaban J connectivity index is 3.96. The third kappa shape index (κ3) is 3.13. The van der Waals surface area contributed by atoms with Gasteiger partial charge in [-0.15, -0.1) is 0 Å². The van der Waals surface area contributed by atoms with E-state index in [1.165, 1.54) is 0 Å². The van der Waals surface area contributed by atoms with Crippen molar-refractivity contribution in [3.05, 3.63) is 11.1 Å². The molecule has 0 amide bonds. The number of ketones is 2. The zero-order chi connectivity index (χ0) is 19.5. The third-order valence-corrected chi connectivity index (χ3v) is 5.63. The van der Waals surface area contributed by atoms with Gasteiger partial charge in [-0.25, -0.2) is 0 Å². The summed E-state index contributed by atoms with van der Waals surface area (Å²) in [5.74, 6) is 0.330. The Morgan fingerprint density at radius 1 is 0.625 bits per heavy atom. The minimum atomic E-state index is -0.686. The van der Waals surface area contributed by atoms with Crippen molar-refractivity contribution >= 4 is 11.6 Å². The molecule has 0 unspecified atom stereocenters. The second-order valence-electron chi connectivity index (χ2n) is 11.6. The third-order valence-electron chi connectivity index (χ3n) is 5.63. The quantitative estimate of drug-likeness (QED) is 0.545. The zero-order valence-electron chi connectivity index (χ0n) is 18.0. The molecule has 0 spiro atoms. The highest BCUT2D eigenvalue weighted by atomic mass is 16.1. The lowest BCUT2D eigenvalue weighted by atomic mass is 9.45. The van der Waals surface area contributed by atoms with Crippen LogP contribution in [0.4, 0.5) is 0 Å². The molecular weight excluding hydrogens is 296 g/mol. The van der Waals surface area contributed by atoms with E-state index in [4.69, 9.17) is 0 Å². The fraction of sp³-hybridized carbons (Fsp3) is 0.818. The van der Waals surface area contributed by atoms with Crippen LogP contribution in [0.1, 0.15) is 89.5 Å². The van der Waals surface area contributed by atoms with E-state index in [2.05, 4.69) is 62.3 Å². The van der Waals surface area contributed by atoms with Crippen LogP contribution in [-0.2, 0) is 9.59 Å². The van der Waals surface area contributed by atoms with Crippen LogP contribution in [0.25, 0.3) is 0 Å². The van der Waals surface area contributed by atoms with Crippen molar-refractivity contribution in [3.8, 4) is 0 Å². The maximum atomic E-state index is 14.0. The smallest absolute Gasteiger partial charge is 0.167 e. The van der Waals surface area contributed by atoms with Crippen molar-refractivity contribution < 1.29 is 9.59 Å². The predicted molar refractivity (Wildman–Crippen MR) is 102 cm³/mol. The van der Waals surface area contributed by atoms with Gasteiger partial charge in [0.25, 0.3) is 0 Å². The maximum Gasteiger partial charge on any atom is 0.167 e. The first-order chi connectivity index (χ1) is 10.3. The van der Waals surface area contributed by atoms with Crippen molar-refractivity contribution in [2.24, 2.45) is 27.1 Å². The summed E-state index contributed by atoms with van der Waals surface area (Å²) in [6, 6.07) is 0. The highest BCUT2D eigenvalue weighted by molar-refractivity contribution is 6.16. The summed E-state index contributed by atoms with van der Waals surface area (Å²) in [6.45, 7) is 24.9. The van der Waals surface area contributed by atoms with Crippen LogP contribution >= 0.6 is 0 Å². The second-order valence-corrected chi connectivity index (χ2v) is 11.6. The minimum absolute atomic E-state index is 0.150. The van der Waals surface area contributed by atoms with Crippen LogP contribution in [-0.4, -0.2) is 11.6 Å². The SMILES string of the molecule is CC(C)(C)C1=C(C(C)(C)C)C(=O)C(C(C)(C)C)(C(C)(C)C)CC1=O.